The smallest absolute Gasteiger partial charge is 0.335 e. The number of aromatic nitrogens is 1. The summed E-state index contributed by atoms with van der Waals surface area (Å²) in [6, 6.07) is 6.92. The molecule has 100 valence electrons. The highest BCUT2D eigenvalue weighted by atomic mass is 16.4. The first-order chi connectivity index (χ1) is 8.99. The van der Waals surface area contributed by atoms with Crippen LogP contribution in [0.1, 0.15) is 16.8 Å². The topological polar surface area (TPSA) is 62.5 Å². The van der Waals surface area contributed by atoms with Gasteiger partial charge in [-0.25, -0.2) is 4.79 Å². The molecule has 0 atom stereocenters. The number of carboxylic acid groups (broad SMARTS) is 1. The van der Waals surface area contributed by atoms with E-state index in [1.165, 1.54) is 0 Å². The van der Waals surface area contributed by atoms with Gasteiger partial charge < -0.3 is 14.6 Å². The summed E-state index contributed by atoms with van der Waals surface area (Å²) in [5.41, 5.74) is 1.10. The number of hydrogen-bond acceptors (Lipinski definition) is 2. The van der Waals surface area contributed by atoms with Gasteiger partial charge in [-0.05, 0) is 23.6 Å². The second-order valence-electron chi connectivity index (χ2n) is 4.63. The van der Waals surface area contributed by atoms with Gasteiger partial charge in [0.1, 0.15) is 0 Å². The van der Waals surface area contributed by atoms with E-state index in [1.807, 2.05) is 16.8 Å². The maximum atomic E-state index is 11.6. The number of hydrogen-bond donors (Lipinski definition) is 1. The minimum atomic E-state index is -0.945. The van der Waals surface area contributed by atoms with E-state index >= 15 is 0 Å². The van der Waals surface area contributed by atoms with Crippen LogP contribution < -0.4 is 0 Å². The summed E-state index contributed by atoms with van der Waals surface area (Å²) in [6.07, 6.45) is 2.27. The number of carbonyl (C=O) groups excluding carboxylic acids is 1. The Morgan fingerprint density at radius 1 is 1.26 bits per heavy atom. The lowest BCUT2D eigenvalue weighted by Gasteiger charge is -2.11. The average molecular weight is 260 g/mol. The van der Waals surface area contributed by atoms with Gasteiger partial charge >= 0.3 is 5.97 Å². The van der Waals surface area contributed by atoms with Gasteiger partial charge in [0.2, 0.25) is 5.91 Å². The Balaban J connectivity index is 2.26. The van der Waals surface area contributed by atoms with E-state index in [9.17, 15) is 9.59 Å². The molecule has 0 unspecified atom stereocenters. The summed E-state index contributed by atoms with van der Waals surface area (Å²) in [7, 11) is 3.44. The summed E-state index contributed by atoms with van der Waals surface area (Å²) in [5, 5.41) is 9.97. The molecular weight excluding hydrogens is 244 g/mol. The van der Waals surface area contributed by atoms with Crippen LogP contribution in [0.15, 0.2) is 30.5 Å². The number of rotatable bonds is 4. The van der Waals surface area contributed by atoms with E-state index in [0.29, 0.717) is 13.0 Å². The lowest BCUT2D eigenvalue weighted by atomic mass is 10.1. The molecule has 0 saturated carbocycles. The molecule has 0 aliphatic carbocycles. The Bertz CT molecular complexity index is 629. The van der Waals surface area contributed by atoms with E-state index in [-0.39, 0.29) is 11.5 Å². The van der Waals surface area contributed by atoms with E-state index in [4.69, 9.17) is 5.11 Å². The van der Waals surface area contributed by atoms with Crippen LogP contribution in [0.3, 0.4) is 0 Å². The molecular formula is C14H16N2O3. The molecule has 0 spiro atoms. The Morgan fingerprint density at radius 3 is 2.63 bits per heavy atom. The minimum Gasteiger partial charge on any atom is -0.478 e. The highest BCUT2D eigenvalue weighted by molar-refractivity contribution is 5.93. The lowest BCUT2D eigenvalue weighted by Crippen LogP contribution is -2.22. The standard InChI is InChI=1S/C14H16N2O3/c1-15(2)13(17)6-8-16-7-5-10-3-4-11(14(18)19)9-12(10)16/h3-5,7,9H,6,8H2,1-2H3,(H,18,19). The first-order valence-corrected chi connectivity index (χ1v) is 6.01. The second-order valence-corrected chi connectivity index (χ2v) is 4.63. The van der Waals surface area contributed by atoms with Crippen molar-refractivity contribution in [1.82, 2.24) is 9.47 Å². The first kappa shape index (κ1) is 13.1. The van der Waals surface area contributed by atoms with Crippen LogP contribution in [0.2, 0.25) is 0 Å². The molecule has 2 rings (SSSR count). The SMILES string of the molecule is CN(C)C(=O)CCn1ccc2ccc(C(=O)O)cc21. The normalized spacial score (nSPS) is 10.6. The van der Waals surface area contributed by atoms with Gasteiger partial charge in [-0.2, -0.15) is 0 Å². The number of carboxylic acids is 1. The zero-order chi connectivity index (χ0) is 14.0. The van der Waals surface area contributed by atoms with Crippen molar-refractivity contribution < 1.29 is 14.7 Å². The highest BCUT2D eigenvalue weighted by Gasteiger charge is 2.09. The van der Waals surface area contributed by atoms with Crippen molar-refractivity contribution in [3.63, 3.8) is 0 Å². The van der Waals surface area contributed by atoms with Crippen LogP contribution in [-0.2, 0) is 11.3 Å². The molecule has 0 bridgehead atoms. The molecule has 5 heteroatoms. The first-order valence-electron chi connectivity index (χ1n) is 6.01. The predicted octanol–water partition coefficient (Wildman–Crippen LogP) is 1.82. The quantitative estimate of drug-likeness (QED) is 0.912. The second kappa shape index (κ2) is 5.14. The third kappa shape index (κ3) is 2.76. The number of aryl methyl sites for hydroxylation is 1. The zero-order valence-corrected chi connectivity index (χ0v) is 11.0. The van der Waals surface area contributed by atoms with Crippen molar-refractivity contribution in [2.45, 2.75) is 13.0 Å². The Hall–Kier alpha value is -2.30. The predicted molar refractivity (Wildman–Crippen MR) is 72.2 cm³/mol. The van der Waals surface area contributed by atoms with E-state index < -0.39 is 5.97 Å². The number of aromatic carboxylic acids is 1. The van der Waals surface area contributed by atoms with Gasteiger partial charge in [0.15, 0.2) is 0 Å². The summed E-state index contributed by atoms with van der Waals surface area (Å²) in [5.74, 6) is -0.893. The molecule has 1 N–H and O–H groups in total. The molecule has 19 heavy (non-hydrogen) atoms. The lowest BCUT2D eigenvalue weighted by molar-refractivity contribution is -0.128. The molecule has 0 aliphatic rings. The fourth-order valence-corrected chi connectivity index (χ4v) is 1.95. The molecule has 0 aliphatic heterocycles. The molecule has 1 amide bonds. The number of amides is 1. The third-order valence-electron chi connectivity index (χ3n) is 3.09. The van der Waals surface area contributed by atoms with Crippen LogP contribution in [0.25, 0.3) is 10.9 Å². The summed E-state index contributed by atoms with van der Waals surface area (Å²) >= 11 is 0. The number of benzene rings is 1. The fourth-order valence-electron chi connectivity index (χ4n) is 1.95. The minimum absolute atomic E-state index is 0.0521. The third-order valence-corrected chi connectivity index (χ3v) is 3.09. The molecule has 1 heterocycles. The molecule has 1 aromatic heterocycles. The van der Waals surface area contributed by atoms with Crippen LogP contribution in [0, 0.1) is 0 Å². The Kier molecular flexibility index (Phi) is 3.55. The molecule has 0 saturated heterocycles. The van der Waals surface area contributed by atoms with Crippen molar-refractivity contribution in [3.05, 3.63) is 36.0 Å². The zero-order valence-electron chi connectivity index (χ0n) is 11.0. The van der Waals surface area contributed by atoms with E-state index in [1.54, 1.807) is 37.2 Å². The fraction of sp³-hybridized carbons (Fsp3) is 0.286. The van der Waals surface area contributed by atoms with Gasteiger partial charge in [0, 0.05) is 38.8 Å². The number of nitrogens with zero attached hydrogens (tertiary/aromatic N) is 2. The maximum Gasteiger partial charge on any atom is 0.335 e. The van der Waals surface area contributed by atoms with Crippen molar-refractivity contribution in [1.29, 1.82) is 0 Å². The van der Waals surface area contributed by atoms with Crippen LogP contribution in [0.5, 0.6) is 0 Å². The number of fused-ring (bicyclic) bond motifs is 1. The van der Waals surface area contributed by atoms with Gasteiger partial charge in [-0.3, -0.25) is 4.79 Å². The maximum absolute atomic E-state index is 11.6. The molecule has 0 radical (unpaired) electrons. The molecule has 5 nitrogen and oxygen atoms in total. The van der Waals surface area contributed by atoms with Crippen molar-refractivity contribution in [2.75, 3.05) is 14.1 Å². The van der Waals surface area contributed by atoms with Gasteiger partial charge in [0.25, 0.3) is 0 Å². The summed E-state index contributed by atoms with van der Waals surface area (Å²) in [6.45, 7) is 0.545. The number of carbonyl (C=O) groups is 2. The summed E-state index contributed by atoms with van der Waals surface area (Å²) < 4.78 is 1.91. The summed E-state index contributed by atoms with van der Waals surface area (Å²) in [4.78, 5) is 24.1. The largest absolute Gasteiger partial charge is 0.478 e. The van der Waals surface area contributed by atoms with Gasteiger partial charge in [-0.15, -0.1) is 0 Å². The molecule has 1 aromatic carbocycles. The Labute approximate surface area is 111 Å². The van der Waals surface area contributed by atoms with Crippen molar-refractivity contribution in [3.8, 4) is 0 Å². The van der Waals surface area contributed by atoms with Gasteiger partial charge in [-0.1, -0.05) is 6.07 Å². The van der Waals surface area contributed by atoms with Crippen molar-refractivity contribution >= 4 is 22.8 Å². The molecule has 0 fully saturated rings. The molecule has 2 aromatic rings. The van der Waals surface area contributed by atoms with Gasteiger partial charge in [0.05, 0.1) is 5.56 Å². The van der Waals surface area contributed by atoms with Crippen molar-refractivity contribution in [2.24, 2.45) is 0 Å². The van der Waals surface area contributed by atoms with Crippen LogP contribution in [-0.4, -0.2) is 40.5 Å². The highest BCUT2D eigenvalue weighted by Crippen LogP contribution is 2.18. The Morgan fingerprint density at radius 2 is 2.00 bits per heavy atom. The average Bonchev–Trinajstić information content (AvgIpc) is 2.77. The van der Waals surface area contributed by atoms with Crippen LogP contribution >= 0.6 is 0 Å². The van der Waals surface area contributed by atoms with E-state index in [0.717, 1.165) is 10.9 Å². The van der Waals surface area contributed by atoms with E-state index in [2.05, 4.69) is 0 Å². The van der Waals surface area contributed by atoms with Crippen LogP contribution in [0.4, 0.5) is 0 Å². The monoisotopic (exact) mass is 260 g/mol.